The van der Waals surface area contributed by atoms with Gasteiger partial charge in [-0.25, -0.2) is 4.57 Å². The molecule has 0 saturated heterocycles. The SMILES string of the molecule is CCCCCCCCCCC/C=C/C/C=C/CCCC(=O)OC[C@@H](COP(=O)(O)OC[C@H](N)C(=O)O)OC(=O)CCC/C=C/CCCCCCCCCCCCCCCCCCCC. The number of hydrogen-bond donors (Lipinski definition) is 3. The molecule has 0 bridgehead atoms. The Labute approximate surface area is 391 Å². The van der Waals surface area contributed by atoms with Crippen molar-refractivity contribution in [2.24, 2.45) is 5.73 Å². The molecule has 0 aromatic carbocycles. The first kappa shape index (κ1) is 61.7. The quantitative estimate of drug-likeness (QED) is 0.0229. The van der Waals surface area contributed by atoms with Crippen molar-refractivity contribution in [3.63, 3.8) is 0 Å². The van der Waals surface area contributed by atoms with Gasteiger partial charge in [-0.2, -0.15) is 0 Å². The van der Waals surface area contributed by atoms with Gasteiger partial charge in [-0.15, -0.1) is 0 Å². The van der Waals surface area contributed by atoms with E-state index in [2.05, 4.69) is 48.8 Å². The number of nitrogens with two attached hydrogens (primary N) is 1. The molecule has 0 radical (unpaired) electrons. The molecule has 64 heavy (non-hydrogen) atoms. The van der Waals surface area contributed by atoms with Crippen molar-refractivity contribution in [1.29, 1.82) is 0 Å². The maximum atomic E-state index is 12.7. The van der Waals surface area contributed by atoms with Crippen LogP contribution in [0.5, 0.6) is 0 Å². The average molecular weight is 926 g/mol. The summed E-state index contributed by atoms with van der Waals surface area (Å²) in [5, 5.41) is 8.92. The number of aliphatic carboxylic acids is 1. The van der Waals surface area contributed by atoms with Crippen LogP contribution < -0.4 is 5.73 Å². The van der Waals surface area contributed by atoms with Gasteiger partial charge in [0.25, 0.3) is 0 Å². The van der Waals surface area contributed by atoms with Crippen LogP contribution in [-0.2, 0) is 37.5 Å². The summed E-state index contributed by atoms with van der Waals surface area (Å²) in [7, 11) is -4.74. The van der Waals surface area contributed by atoms with Gasteiger partial charge >= 0.3 is 25.7 Å². The van der Waals surface area contributed by atoms with Crippen LogP contribution in [0, 0.1) is 0 Å². The van der Waals surface area contributed by atoms with Gasteiger partial charge < -0.3 is 25.2 Å². The Morgan fingerprint density at radius 3 is 1.23 bits per heavy atom. The molecule has 0 spiro atoms. The van der Waals surface area contributed by atoms with E-state index in [9.17, 15) is 23.8 Å². The van der Waals surface area contributed by atoms with E-state index < -0.39 is 51.1 Å². The molecule has 4 N–H and O–H groups in total. The maximum Gasteiger partial charge on any atom is 0.472 e. The van der Waals surface area contributed by atoms with Crippen LogP contribution in [0.15, 0.2) is 36.5 Å². The number of phosphoric acid groups is 1. The van der Waals surface area contributed by atoms with Crippen molar-refractivity contribution in [2.75, 3.05) is 19.8 Å². The third kappa shape index (κ3) is 46.2. The van der Waals surface area contributed by atoms with E-state index in [0.717, 1.165) is 25.7 Å². The molecule has 11 nitrogen and oxygen atoms in total. The zero-order chi connectivity index (χ0) is 47.0. The van der Waals surface area contributed by atoms with E-state index in [1.807, 2.05) is 6.08 Å². The molecular formula is C52H96NO10P. The highest BCUT2D eigenvalue weighted by Gasteiger charge is 2.28. The van der Waals surface area contributed by atoms with Crippen LogP contribution in [0.25, 0.3) is 0 Å². The first-order chi connectivity index (χ1) is 31.1. The van der Waals surface area contributed by atoms with Crippen LogP contribution >= 0.6 is 7.82 Å². The van der Waals surface area contributed by atoms with Gasteiger partial charge in [0.1, 0.15) is 12.6 Å². The molecule has 0 aromatic heterocycles. The molecule has 0 aliphatic heterocycles. The summed E-state index contributed by atoms with van der Waals surface area (Å²) in [6.45, 7) is 2.78. The Hall–Kier alpha value is -2.30. The fraction of sp³-hybridized carbons (Fsp3) is 0.827. The molecule has 1 unspecified atom stereocenters. The van der Waals surface area contributed by atoms with Crippen molar-refractivity contribution in [3.05, 3.63) is 36.5 Å². The smallest absolute Gasteiger partial charge is 0.472 e. The van der Waals surface area contributed by atoms with Crippen LogP contribution in [0.4, 0.5) is 0 Å². The number of carbonyl (C=O) groups is 3. The fourth-order valence-electron chi connectivity index (χ4n) is 7.29. The third-order valence-electron chi connectivity index (χ3n) is 11.4. The highest BCUT2D eigenvalue weighted by molar-refractivity contribution is 7.47. The molecular weight excluding hydrogens is 830 g/mol. The van der Waals surface area contributed by atoms with Crippen molar-refractivity contribution >= 4 is 25.7 Å². The number of carbonyl (C=O) groups excluding carboxylic acids is 2. The molecule has 0 rings (SSSR count). The Morgan fingerprint density at radius 2 is 0.828 bits per heavy atom. The predicted octanol–water partition coefficient (Wildman–Crippen LogP) is 14.7. The molecule has 0 aliphatic rings. The number of esters is 2. The Bertz CT molecular complexity index is 1220. The monoisotopic (exact) mass is 926 g/mol. The summed E-state index contributed by atoms with van der Waals surface area (Å²) in [4.78, 5) is 46.1. The number of phosphoric ester groups is 1. The number of hydrogen-bond acceptors (Lipinski definition) is 9. The highest BCUT2D eigenvalue weighted by atomic mass is 31.2. The highest BCUT2D eigenvalue weighted by Crippen LogP contribution is 2.43. The lowest BCUT2D eigenvalue weighted by atomic mass is 10.0. The molecule has 0 heterocycles. The van der Waals surface area contributed by atoms with E-state index >= 15 is 0 Å². The van der Waals surface area contributed by atoms with E-state index in [4.69, 9.17) is 24.8 Å². The minimum atomic E-state index is -4.74. The molecule has 0 aromatic rings. The summed E-state index contributed by atoms with van der Waals surface area (Å²) >= 11 is 0. The van der Waals surface area contributed by atoms with Crippen LogP contribution in [0.2, 0.25) is 0 Å². The van der Waals surface area contributed by atoms with Crippen LogP contribution in [0.3, 0.4) is 0 Å². The number of carboxylic acid groups (broad SMARTS) is 1. The molecule has 0 fully saturated rings. The number of allylic oxidation sites excluding steroid dienone is 6. The van der Waals surface area contributed by atoms with Crippen molar-refractivity contribution < 1.29 is 47.5 Å². The molecule has 0 saturated carbocycles. The minimum absolute atomic E-state index is 0.107. The average Bonchev–Trinajstić information content (AvgIpc) is 3.27. The number of ether oxygens (including phenoxy) is 2. The summed E-state index contributed by atoms with van der Waals surface area (Å²) in [6, 6.07) is -1.53. The van der Waals surface area contributed by atoms with Crippen molar-refractivity contribution in [2.45, 2.75) is 257 Å². The van der Waals surface area contributed by atoms with Crippen LogP contribution in [0.1, 0.15) is 245 Å². The summed E-state index contributed by atoms with van der Waals surface area (Å²) in [5.41, 5.74) is 5.35. The van der Waals surface area contributed by atoms with E-state index in [-0.39, 0.29) is 19.4 Å². The van der Waals surface area contributed by atoms with Crippen LogP contribution in [-0.4, -0.2) is 59.9 Å². The molecule has 0 aliphatic carbocycles. The van der Waals surface area contributed by atoms with Gasteiger partial charge in [-0.05, 0) is 57.8 Å². The van der Waals surface area contributed by atoms with Gasteiger partial charge in [-0.3, -0.25) is 23.4 Å². The first-order valence-electron chi connectivity index (χ1n) is 26.0. The second-order valence-electron chi connectivity index (χ2n) is 17.7. The second kappa shape index (κ2) is 47.2. The number of unbranched alkanes of at least 4 members (excludes halogenated alkanes) is 29. The largest absolute Gasteiger partial charge is 0.480 e. The van der Waals surface area contributed by atoms with E-state index in [1.54, 1.807) is 0 Å². The van der Waals surface area contributed by atoms with Crippen molar-refractivity contribution in [1.82, 2.24) is 0 Å². The zero-order valence-corrected chi connectivity index (χ0v) is 41.8. The molecule has 374 valence electrons. The van der Waals surface area contributed by atoms with Crippen molar-refractivity contribution in [3.8, 4) is 0 Å². The van der Waals surface area contributed by atoms with Gasteiger partial charge in [0, 0.05) is 12.8 Å². The van der Waals surface area contributed by atoms with Gasteiger partial charge in [0.05, 0.1) is 13.2 Å². The zero-order valence-electron chi connectivity index (χ0n) is 40.9. The molecule has 0 amide bonds. The summed E-state index contributed by atoms with van der Waals surface area (Å²) in [5.74, 6) is -2.47. The fourth-order valence-corrected chi connectivity index (χ4v) is 8.07. The van der Waals surface area contributed by atoms with E-state index in [0.29, 0.717) is 25.7 Å². The summed E-state index contributed by atoms with van der Waals surface area (Å²) < 4.78 is 32.8. The minimum Gasteiger partial charge on any atom is -0.480 e. The normalized spacial score (nSPS) is 13.8. The first-order valence-corrected chi connectivity index (χ1v) is 27.5. The lowest BCUT2D eigenvalue weighted by Crippen LogP contribution is -2.34. The molecule has 3 atom stereocenters. The van der Waals surface area contributed by atoms with Gasteiger partial charge in [-0.1, -0.05) is 211 Å². The second-order valence-corrected chi connectivity index (χ2v) is 19.1. The maximum absolute atomic E-state index is 12.7. The van der Waals surface area contributed by atoms with Gasteiger partial charge in [0.15, 0.2) is 6.10 Å². The lowest BCUT2D eigenvalue weighted by molar-refractivity contribution is -0.161. The third-order valence-corrected chi connectivity index (χ3v) is 12.3. The topological polar surface area (TPSA) is 172 Å². The van der Waals surface area contributed by atoms with Gasteiger partial charge in [0.2, 0.25) is 0 Å². The number of carboxylic acids is 1. The summed E-state index contributed by atoms with van der Waals surface area (Å²) in [6.07, 6.45) is 53.8. The Morgan fingerprint density at radius 1 is 0.484 bits per heavy atom. The molecule has 12 heteroatoms. The number of rotatable bonds is 49. The Balaban J connectivity index is 4.29. The lowest BCUT2D eigenvalue weighted by Gasteiger charge is -2.20. The van der Waals surface area contributed by atoms with E-state index in [1.165, 1.54) is 167 Å². The standard InChI is InChI=1S/C52H96NO10P/c1-3-5-7-9-11-13-15-17-19-21-22-23-24-25-26-28-30-32-34-36-38-40-42-44-51(55)63-48(46-61-64(58,59)62-47-49(53)52(56)57)45-60-50(54)43-41-39-37-35-33-31-29-27-20-18-16-14-12-10-8-6-4-2/h29,31,35-38,48-49H,3-28,30,32-34,39-47,53H2,1-2H3,(H,56,57)(H,58,59)/b31-29+,37-35+,38-36+/t48-,49-/m0/s1. The predicted molar refractivity (Wildman–Crippen MR) is 263 cm³/mol. The Kier molecular flexibility index (Phi) is 45.5.